The van der Waals surface area contributed by atoms with Gasteiger partial charge in [-0.05, 0) is 51.0 Å². The van der Waals surface area contributed by atoms with Crippen molar-refractivity contribution in [3.8, 4) is 0 Å². The van der Waals surface area contributed by atoms with E-state index in [1.54, 1.807) is 0 Å². The number of hydrogen-bond acceptors (Lipinski definition) is 3. The number of hydrogen-bond donors (Lipinski definition) is 1. The molecular weight excluding hydrogens is 198 g/mol. The summed E-state index contributed by atoms with van der Waals surface area (Å²) in [7, 11) is 2.19. The van der Waals surface area contributed by atoms with E-state index in [1.165, 1.54) is 25.0 Å². The second-order valence-corrected chi connectivity index (χ2v) is 4.67. The molecule has 1 fully saturated rings. The van der Waals surface area contributed by atoms with Gasteiger partial charge in [-0.2, -0.15) is 0 Å². The summed E-state index contributed by atoms with van der Waals surface area (Å²) in [4.78, 5) is 6.91. The highest BCUT2D eigenvalue weighted by atomic mass is 15.1. The van der Waals surface area contributed by atoms with Gasteiger partial charge in [-0.3, -0.25) is 9.88 Å². The van der Waals surface area contributed by atoms with Crippen LogP contribution < -0.4 is 5.73 Å². The first kappa shape index (κ1) is 11.6. The van der Waals surface area contributed by atoms with Crippen LogP contribution in [-0.2, 0) is 0 Å². The fourth-order valence-corrected chi connectivity index (χ4v) is 2.69. The molecule has 2 heterocycles. The number of likely N-dealkylation sites (tertiary alicyclic amines) is 1. The van der Waals surface area contributed by atoms with Crippen LogP contribution >= 0.6 is 0 Å². The van der Waals surface area contributed by atoms with E-state index in [9.17, 15) is 0 Å². The second-order valence-electron chi connectivity index (χ2n) is 4.67. The largest absolute Gasteiger partial charge is 0.330 e. The van der Waals surface area contributed by atoms with Gasteiger partial charge in [0.1, 0.15) is 0 Å². The van der Waals surface area contributed by atoms with Crippen LogP contribution in [0.1, 0.15) is 31.0 Å². The van der Waals surface area contributed by atoms with Gasteiger partial charge in [0.05, 0.1) is 11.7 Å². The predicted octanol–water partition coefficient (Wildman–Crippen LogP) is 1.81. The van der Waals surface area contributed by atoms with Crippen molar-refractivity contribution in [2.45, 2.75) is 25.3 Å². The van der Waals surface area contributed by atoms with E-state index in [-0.39, 0.29) is 0 Å². The Kier molecular flexibility index (Phi) is 3.91. The van der Waals surface area contributed by atoms with E-state index < -0.39 is 0 Å². The molecule has 1 saturated heterocycles. The van der Waals surface area contributed by atoms with Crippen LogP contribution in [0.15, 0.2) is 24.4 Å². The molecule has 1 aromatic rings. The molecule has 0 saturated carbocycles. The first-order valence-electron chi connectivity index (χ1n) is 6.14. The zero-order valence-electron chi connectivity index (χ0n) is 9.97. The Morgan fingerprint density at radius 2 is 2.31 bits per heavy atom. The van der Waals surface area contributed by atoms with E-state index in [2.05, 4.69) is 29.1 Å². The minimum absolute atomic E-state index is 0.397. The van der Waals surface area contributed by atoms with E-state index in [1.807, 2.05) is 12.3 Å². The molecule has 0 aliphatic carbocycles. The molecule has 88 valence electrons. The lowest BCUT2D eigenvalue weighted by molar-refractivity contribution is 0.191. The van der Waals surface area contributed by atoms with Crippen molar-refractivity contribution >= 4 is 0 Å². The first-order valence-corrected chi connectivity index (χ1v) is 6.14. The molecule has 0 spiro atoms. The van der Waals surface area contributed by atoms with Gasteiger partial charge >= 0.3 is 0 Å². The third-order valence-corrected chi connectivity index (χ3v) is 3.55. The van der Waals surface area contributed by atoms with E-state index in [0.29, 0.717) is 12.0 Å². The van der Waals surface area contributed by atoms with E-state index in [0.717, 1.165) is 13.1 Å². The highest BCUT2D eigenvalue weighted by Crippen LogP contribution is 2.32. The third kappa shape index (κ3) is 2.42. The summed E-state index contributed by atoms with van der Waals surface area (Å²) in [5.74, 6) is 0.544. The van der Waals surface area contributed by atoms with Crippen molar-refractivity contribution in [2.75, 3.05) is 20.1 Å². The van der Waals surface area contributed by atoms with Crippen molar-refractivity contribution < 1.29 is 0 Å². The highest BCUT2D eigenvalue weighted by Gasteiger charge is 2.28. The molecule has 3 heteroatoms. The van der Waals surface area contributed by atoms with Crippen LogP contribution in [-0.4, -0.2) is 30.0 Å². The zero-order valence-corrected chi connectivity index (χ0v) is 9.97. The minimum atomic E-state index is 0.397. The second kappa shape index (κ2) is 5.41. The average Bonchev–Trinajstić information content (AvgIpc) is 2.51. The SMILES string of the molecule is CN1CCCC[C@H](CN)[C@H]1c1ccccn1. The molecule has 1 aliphatic rings. The maximum absolute atomic E-state index is 5.91. The summed E-state index contributed by atoms with van der Waals surface area (Å²) in [6.07, 6.45) is 5.66. The topological polar surface area (TPSA) is 42.1 Å². The quantitative estimate of drug-likeness (QED) is 0.825. The summed E-state index contributed by atoms with van der Waals surface area (Å²) < 4.78 is 0. The Balaban J connectivity index is 2.25. The van der Waals surface area contributed by atoms with Crippen LogP contribution in [0.5, 0.6) is 0 Å². The third-order valence-electron chi connectivity index (χ3n) is 3.55. The minimum Gasteiger partial charge on any atom is -0.330 e. The van der Waals surface area contributed by atoms with E-state index >= 15 is 0 Å². The zero-order chi connectivity index (χ0) is 11.4. The molecule has 0 unspecified atom stereocenters. The number of nitrogens with zero attached hydrogens (tertiary/aromatic N) is 2. The number of aromatic nitrogens is 1. The monoisotopic (exact) mass is 219 g/mol. The summed E-state index contributed by atoms with van der Waals surface area (Å²) in [5.41, 5.74) is 7.08. The molecule has 0 amide bonds. The number of rotatable bonds is 2. The van der Waals surface area contributed by atoms with Gasteiger partial charge < -0.3 is 5.73 Å². The molecule has 1 aromatic heterocycles. The van der Waals surface area contributed by atoms with Gasteiger partial charge in [0.25, 0.3) is 0 Å². The summed E-state index contributed by atoms with van der Waals surface area (Å²) in [5, 5.41) is 0. The Bertz CT molecular complexity index is 312. The predicted molar refractivity (Wildman–Crippen MR) is 66.0 cm³/mol. The van der Waals surface area contributed by atoms with Crippen molar-refractivity contribution in [1.29, 1.82) is 0 Å². The maximum atomic E-state index is 5.91. The normalized spacial score (nSPS) is 27.6. The standard InChI is InChI=1S/C13H21N3/c1-16-9-5-3-6-11(10-14)13(16)12-7-2-4-8-15-12/h2,4,7-8,11,13H,3,5-6,9-10,14H2,1H3/t11-,13+/m1/s1. The Morgan fingerprint density at radius 3 is 3.00 bits per heavy atom. The molecule has 2 atom stereocenters. The number of pyridine rings is 1. The van der Waals surface area contributed by atoms with Crippen LogP contribution in [0.4, 0.5) is 0 Å². The van der Waals surface area contributed by atoms with Crippen LogP contribution in [0.25, 0.3) is 0 Å². The lowest BCUT2D eigenvalue weighted by Crippen LogP contribution is -2.33. The number of nitrogens with two attached hydrogens (primary N) is 1. The van der Waals surface area contributed by atoms with Crippen LogP contribution in [0.3, 0.4) is 0 Å². The molecule has 2 rings (SSSR count). The molecule has 3 nitrogen and oxygen atoms in total. The molecular formula is C13H21N3. The van der Waals surface area contributed by atoms with Gasteiger partial charge in [0, 0.05) is 6.20 Å². The summed E-state index contributed by atoms with van der Waals surface area (Å²) in [6, 6.07) is 6.55. The fraction of sp³-hybridized carbons (Fsp3) is 0.615. The molecule has 1 aliphatic heterocycles. The van der Waals surface area contributed by atoms with Crippen LogP contribution in [0, 0.1) is 5.92 Å². The Morgan fingerprint density at radius 1 is 1.44 bits per heavy atom. The van der Waals surface area contributed by atoms with Gasteiger partial charge in [-0.15, -0.1) is 0 Å². The summed E-state index contributed by atoms with van der Waals surface area (Å²) >= 11 is 0. The molecule has 16 heavy (non-hydrogen) atoms. The lowest BCUT2D eigenvalue weighted by Gasteiger charge is -2.31. The molecule has 0 aromatic carbocycles. The van der Waals surface area contributed by atoms with Crippen LogP contribution in [0.2, 0.25) is 0 Å². The van der Waals surface area contributed by atoms with Crippen molar-refractivity contribution in [1.82, 2.24) is 9.88 Å². The van der Waals surface area contributed by atoms with Gasteiger partial charge in [0.15, 0.2) is 0 Å². The molecule has 2 N–H and O–H groups in total. The smallest absolute Gasteiger partial charge is 0.0578 e. The van der Waals surface area contributed by atoms with Gasteiger partial charge in [0.2, 0.25) is 0 Å². The van der Waals surface area contributed by atoms with Crippen molar-refractivity contribution in [2.24, 2.45) is 11.7 Å². The van der Waals surface area contributed by atoms with E-state index in [4.69, 9.17) is 5.73 Å². The first-order chi connectivity index (χ1) is 7.83. The van der Waals surface area contributed by atoms with Gasteiger partial charge in [-0.25, -0.2) is 0 Å². The molecule has 0 bridgehead atoms. The summed E-state index contributed by atoms with van der Waals surface area (Å²) in [6.45, 7) is 1.91. The fourth-order valence-electron chi connectivity index (χ4n) is 2.69. The maximum Gasteiger partial charge on any atom is 0.0578 e. The van der Waals surface area contributed by atoms with Crippen molar-refractivity contribution in [3.05, 3.63) is 30.1 Å². The lowest BCUT2D eigenvalue weighted by atomic mass is 9.92. The highest BCUT2D eigenvalue weighted by molar-refractivity contribution is 5.10. The van der Waals surface area contributed by atoms with Gasteiger partial charge in [-0.1, -0.05) is 12.5 Å². The average molecular weight is 219 g/mol. The molecule has 0 radical (unpaired) electrons. The Hall–Kier alpha value is -0.930. The van der Waals surface area contributed by atoms with Crippen molar-refractivity contribution in [3.63, 3.8) is 0 Å². The Labute approximate surface area is 97.7 Å².